The maximum absolute atomic E-state index is 13.1. The number of nitrogens with one attached hydrogen (secondary N) is 1. The lowest BCUT2D eigenvalue weighted by Gasteiger charge is -2.16. The summed E-state index contributed by atoms with van der Waals surface area (Å²) in [5.74, 6) is -1.22. The maximum atomic E-state index is 13.1. The van der Waals surface area contributed by atoms with Crippen LogP contribution in [0.3, 0.4) is 0 Å². The Morgan fingerprint density at radius 2 is 2.00 bits per heavy atom. The first-order chi connectivity index (χ1) is 12.0. The Balaban J connectivity index is 1.83. The smallest absolute Gasteiger partial charge is 0.225 e. The van der Waals surface area contributed by atoms with Crippen molar-refractivity contribution in [1.82, 2.24) is 4.98 Å². The highest BCUT2D eigenvalue weighted by molar-refractivity contribution is 5.89. The van der Waals surface area contributed by atoms with E-state index in [4.69, 9.17) is 11.5 Å². The van der Waals surface area contributed by atoms with E-state index in [1.807, 2.05) is 0 Å². The number of nitrogens with two attached hydrogens (primary N) is 2. The van der Waals surface area contributed by atoms with E-state index in [1.54, 1.807) is 24.4 Å². The predicted octanol–water partition coefficient (Wildman–Crippen LogP) is 2.57. The fourth-order valence-electron chi connectivity index (χ4n) is 2.59. The van der Waals surface area contributed by atoms with Crippen LogP contribution in [-0.2, 0) is 9.59 Å². The van der Waals surface area contributed by atoms with E-state index in [2.05, 4.69) is 10.3 Å². The normalized spacial score (nSPS) is 11.7. The van der Waals surface area contributed by atoms with Crippen molar-refractivity contribution in [3.63, 3.8) is 0 Å². The molecule has 1 atom stereocenters. The molecule has 0 saturated heterocycles. The largest absolute Gasteiger partial charge is 0.398 e. The highest BCUT2D eigenvalue weighted by Crippen LogP contribution is 2.27. The lowest BCUT2D eigenvalue weighted by atomic mass is 9.91. The molecule has 25 heavy (non-hydrogen) atoms. The van der Waals surface area contributed by atoms with E-state index < -0.39 is 17.6 Å². The zero-order chi connectivity index (χ0) is 18.2. The number of amides is 2. The average molecular weight is 344 g/mol. The molecule has 2 aromatic rings. The summed E-state index contributed by atoms with van der Waals surface area (Å²) >= 11 is 0. The number of rotatable bonds is 8. The summed E-state index contributed by atoms with van der Waals surface area (Å²) < 4.78 is 13.1. The van der Waals surface area contributed by atoms with Gasteiger partial charge in [-0.05, 0) is 42.7 Å². The summed E-state index contributed by atoms with van der Waals surface area (Å²) in [5, 5.41) is 2.70. The summed E-state index contributed by atoms with van der Waals surface area (Å²) in [6, 6.07) is 9.16. The summed E-state index contributed by atoms with van der Waals surface area (Å²) in [6.07, 6.45) is 3.55. The van der Waals surface area contributed by atoms with Gasteiger partial charge in [0.05, 0.1) is 5.92 Å². The van der Waals surface area contributed by atoms with Crippen LogP contribution in [0.1, 0.15) is 37.2 Å². The number of anilines is 2. The van der Waals surface area contributed by atoms with Gasteiger partial charge in [0.15, 0.2) is 0 Å². The van der Waals surface area contributed by atoms with E-state index in [1.165, 1.54) is 18.2 Å². The summed E-state index contributed by atoms with van der Waals surface area (Å²) in [7, 11) is 0. The molecule has 1 heterocycles. The fraction of sp³-hybridized carbons (Fsp3) is 0.278. The van der Waals surface area contributed by atoms with E-state index in [9.17, 15) is 14.0 Å². The van der Waals surface area contributed by atoms with Gasteiger partial charge >= 0.3 is 0 Å². The number of hydrogen-bond donors (Lipinski definition) is 3. The highest BCUT2D eigenvalue weighted by Gasteiger charge is 2.20. The molecule has 6 nitrogen and oxygen atoms in total. The molecule has 2 rings (SSSR count). The van der Waals surface area contributed by atoms with Gasteiger partial charge in [0.25, 0.3) is 0 Å². The number of nitrogens with zero attached hydrogens (tertiary/aromatic N) is 1. The first-order valence-corrected chi connectivity index (χ1v) is 8.02. The number of primary amides is 1. The second-order valence-corrected chi connectivity index (χ2v) is 5.74. The number of halogens is 1. The molecular formula is C18H21FN4O2. The van der Waals surface area contributed by atoms with Gasteiger partial charge in [-0.25, -0.2) is 9.37 Å². The molecule has 2 amide bonds. The topological polar surface area (TPSA) is 111 Å². The zero-order valence-corrected chi connectivity index (χ0v) is 13.7. The molecule has 1 unspecified atom stereocenters. The van der Waals surface area contributed by atoms with Gasteiger partial charge in [0.2, 0.25) is 11.8 Å². The number of nitrogen functional groups attached to an aromatic ring is 1. The average Bonchev–Trinajstić information content (AvgIpc) is 2.56. The minimum absolute atomic E-state index is 0.143. The number of pyridine rings is 1. The van der Waals surface area contributed by atoms with Crippen LogP contribution in [0, 0.1) is 5.82 Å². The second kappa shape index (κ2) is 8.77. The van der Waals surface area contributed by atoms with Crippen molar-refractivity contribution in [2.75, 3.05) is 11.1 Å². The van der Waals surface area contributed by atoms with Gasteiger partial charge in [0.1, 0.15) is 11.6 Å². The van der Waals surface area contributed by atoms with E-state index in [0.29, 0.717) is 37.1 Å². The first kappa shape index (κ1) is 18.4. The fourth-order valence-corrected chi connectivity index (χ4v) is 2.59. The van der Waals surface area contributed by atoms with Crippen LogP contribution >= 0.6 is 0 Å². The first-order valence-electron chi connectivity index (χ1n) is 8.02. The van der Waals surface area contributed by atoms with Crippen molar-refractivity contribution in [2.24, 2.45) is 5.73 Å². The molecule has 132 valence electrons. The third-order valence-corrected chi connectivity index (χ3v) is 3.85. The third kappa shape index (κ3) is 5.56. The molecule has 0 bridgehead atoms. The maximum Gasteiger partial charge on any atom is 0.225 e. The number of benzene rings is 1. The highest BCUT2D eigenvalue weighted by atomic mass is 19.1. The number of unbranched alkanes of at least 4 members (excludes halogenated alkanes) is 1. The third-order valence-electron chi connectivity index (χ3n) is 3.85. The van der Waals surface area contributed by atoms with E-state index in [0.717, 1.165) is 0 Å². The van der Waals surface area contributed by atoms with Crippen molar-refractivity contribution >= 4 is 23.3 Å². The van der Waals surface area contributed by atoms with Crippen LogP contribution in [0.2, 0.25) is 0 Å². The Labute approximate surface area is 145 Å². The van der Waals surface area contributed by atoms with Crippen LogP contribution in [0.5, 0.6) is 0 Å². The molecule has 0 spiro atoms. The van der Waals surface area contributed by atoms with Crippen molar-refractivity contribution in [3.8, 4) is 0 Å². The SMILES string of the molecule is NC(=O)C(CCCCC(=O)Nc1ccccn1)c1ccc(F)cc1N. The van der Waals surface area contributed by atoms with Gasteiger partial charge in [-0.15, -0.1) is 0 Å². The second-order valence-electron chi connectivity index (χ2n) is 5.74. The van der Waals surface area contributed by atoms with E-state index in [-0.39, 0.29) is 11.6 Å². The summed E-state index contributed by atoms with van der Waals surface area (Å²) in [5.41, 5.74) is 11.9. The number of carbonyl (C=O) groups is 2. The monoisotopic (exact) mass is 344 g/mol. The van der Waals surface area contributed by atoms with Crippen LogP contribution < -0.4 is 16.8 Å². The Kier molecular flexibility index (Phi) is 6.45. The van der Waals surface area contributed by atoms with Crippen LogP contribution in [0.4, 0.5) is 15.9 Å². The van der Waals surface area contributed by atoms with Crippen LogP contribution in [0.25, 0.3) is 0 Å². The molecule has 0 saturated carbocycles. The van der Waals surface area contributed by atoms with Crippen LogP contribution in [-0.4, -0.2) is 16.8 Å². The van der Waals surface area contributed by atoms with Crippen molar-refractivity contribution in [1.29, 1.82) is 0 Å². The van der Waals surface area contributed by atoms with Crippen LogP contribution in [0.15, 0.2) is 42.6 Å². The minimum atomic E-state index is -0.598. The molecule has 1 aromatic carbocycles. The minimum Gasteiger partial charge on any atom is -0.398 e. The predicted molar refractivity (Wildman–Crippen MR) is 94.1 cm³/mol. The Morgan fingerprint density at radius 3 is 2.64 bits per heavy atom. The molecule has 0 aliphatic heterocycles. The van der Waals surface area contributed by atoms with Gasteiger partial charge in [-0.3, -0.25) is 9.59 Å². The summed E-state index contributed by atoms with van der Waals surface area (Å²) in [4.78, 5) is 27.6. The molecule has 0 radical (unpaired) electrons. The Hall–Kier alpha value is -2.96. The Bertz CT molecular complexity index is 737. The number of hydrogen-bond acceptors (Lipinski definition) is 4. The van der Waals surface area contributed by atoms with Gasteiger partial charge in [0, 0.05) is 18.3 Å². The molecule has 0 fully saturated rings. The van der Waals surface area contributed by atoms with Crippen molar-refractivity contribution < 1.29 is 14.0 Å². The molecule has 0 aliphatic carbocycles. The zero-order valence-electron chi connectivity index (χ0n) is 13.7. The molecule has 7 heteroatoms. The Morgan fingerprint density at radius 1 is 1.20 bits per heavy atom. The van der Waals surface area contributed by atoms with Gasteiger partial charge < -0.3 is 16.8 Å². The molecule has 0 aliphatic rings. The summed E-state index contributed by atoms with van der Waals surface area (Å²) in [6.45, 7) is 0. The molecular weight excluding hydrogens is 323 g/mol. The van der Waals surface area contributed by atoms with Crippen molar-refractivity contribution in [3.05, 3.63) is 54.0 Å². The standard InChI is InChI=1S/C18H21FN4O2/c19-12-8-9-13(15(20)11-12)14(18(21)25)5-1-2-7-17(24)23-16-6-3-4-10-22-16/h3-4,6,8-11,14H,1-2,5,7,20H2,(H2,21,25)(H,22,23,24). The van der Waals surface area contributed by atoms with Gasteiger partial charge in [-0.1, -0.05) is 18.6 Å². The number of carbonyl (C=O) groups excluding carboxylic acids is 2. The van der Waals surface area contributed by atoms with Gasteiger partial charge in [-0.2, -0.15) is 0 Å². The quantitative estimate of drug-likeness (QED) is 0.505. The lowest BCUT2D eigenvalue weighted by molar-refractivity contribution is -0.119. The number of aromatic nitrogens is 1. The van der Waals surface area contributed by atoms with Crippen molar-refractivity contribution in [2.45, 2.75) is 31.6 Å². The molecule has 1 aromatic heterocycles. The lowest BCUT2D eigenvalue weighted by Crippen LogP contribution is -2.22. The molecule has 5 N–H and O–H groups in total. The van der Waals surface area contributed by atoms with E-state index >= 15 is 0 Å².